The summed E-state index contributed by atoms with van der Waals surface area (Å²) in [5, 5.41) is 3.05. The van der Waals surface area contributed by atoms with Gasteiger partial charge in [-0.25, -0.2) is 8.42 Å². The normalized spacial score (nSPS) is 15.9. The molecule has 0 bridgehead atoms. The maximum absolute atomic E-state index is 13.0. The van der Waals surface area contributed by atoms with Crippen LogP contribution in [0.5, 0.6) is 5.75 Å². The molecule has 1 amide bonds. The minimum absolute atomic E-state index is 0.0284. The number of anilines is 1. The first-order valence-electron chi connectivity index (χ1n) is 10.8. The Hall–Kier alpha value is -2.17. The van der Waals surface area contributed by atoms with Crippen LogP contribution in [0.4, 0.5) is 5.69 Å². The van der Waals surface area contributed by atoms with Gasteiger partial charge in [0.05, 0.1) is 42.5 Å². The quantitative estimate of drug-likeness (QED) is 0.573. The number of carbonyl (C=O) groups is 1. The molecule has 1 unspecified atom stereocenters. The van der Waals surface area contributed by atoms with Crippen LogP contribution in [0.25, 0.3) is 0 Å². The van der Waals surface area contributed by atoms with E-state index in [1.165, 1.54) is 22.5 Å². The lowest BCUT2D eigenvalue weighted by Gasteiger charge is -2.28. The third-order valence-electron chi connectivity index (χ3n) is 5.70. The topological polar surface area (TPSA) is 88.2 Å². The van der Waals surface area contributed by atoms with Crippen LogP contribution in [0.15, 0.2) is 47.4 Å². The van der Waals surface area contributed by atoms with Gasteiger partial charge in [-0.2, -0.15) is 4.31 Å². The minimum atomic E-state index is -3.70. The third kappa shape index (κ3) is 6.24. The zero-order valence-corrected chi connectivity index (χ0v) is 20.7. The van der Waals surface area contributed by atoms with Gasteiger partial charge in [0, 0.05) is 19.1 Å². The predicted molar refractivity (Wildman–Crippen MR) is 128 cm³/mol. The number of nitrogens with one attached hydrogen (secondary N) is 1. The molecule has 0 spiro atoms. The summed E-state index contributed by atoms with van der Waals surface area (Å²) in [5.74, 6) is 0.472. The molecule has 1 fully saturated rings. The number of halogens is 1. The lowest BCUT2D eigenvalue weighted by Crippen LogP contribution is -2.40. The van der Waals surface area contributed by atoms with Crippen molar-refractivity contribution in [1.29, 1.82) is 0 Å². The standard InChI is InChI=1S/C23H30ClN3O5S/c1-4-26(17(2)18-6-5-7-19(14-18)31-3)16-23(28)25-22-15-20(8-9-21(22)24)33(29,30)27-10-12-32-13-11-27/h5-9,14-15,17H,4,10-13,16H2,1-3H3,(H,25,28). The number of methoxy groups -OCH3 is 1. The number of ether oxygens (including phenoxy) is 2. The highest BCUT2D eigenvalue weighted by Crippen LogP contribution is 2.28. The number of carbonyl (C=O) groups excluding carboxylic acids is 1. The van der Waals surface area contributed by atoms with Crippen LogP contribution in [0.1, 0.15) is 25.5 Å². The lowest BCUT2D eigenvalue weighted by molar-refractivity contribution is -0.117. The molecule has 1 heterocycles. The van der Waals surface area contributed by atoms with E-state index in [2.05, 4.69) is 5.32 Å². The van der Waals surface area contributed by atoms with Gasteiger partial charge in [-0.3, -0.25) is 9.69 Å². The molecule has 2 aromatic rings. The minimum Gasteiger partial charge on any atom is -0.497 e. The van der Waals surface area contributed by atoms with Crippen LogP contribution in [0.2, 0.25) is 5.02 Å². The molecule has 1 aliphatic rings. The first-order valence-corrected chi connectivity index (χ1v) is 12.6. The number of likely N-dealkylation sites (N-methyl/N-ethyl adjacent to an activating group) is 1. The molecule has 10 heteroatoms. The van der Waals surface area contributed by atoms with Crippen LogP contribution in [-0.4, -0.2) is 70.0 Å². The van der Waals surface area contributed by atoms with E-state index >= 15 is 0 Å². The first kappa shape index (κ1) is 25.5. The largest absolute Gasteiger partial charge is 0.497 e. The van der Waals surface area contributed by atoms with Crippen molar-refractivity contribution in [2.75, 3.05) is 51.8 Å². The van der Waals surface area contributed by atoms with Gasteiger partial charge in [-0.15, -0.1) is 0 Å². The fraction of sp³-hybridized carbons (Fsp3) is 0.435. The molecule has 2 aromatic carbocycles. The smallest absolute Gasteiger partial charge is 0.243 e. The molecule has 0 aromatic heterocycles. The highest BCUT2D eigenvalue weighted by molar-refractivity contribution is 7.89. The van der Waals surface area contributed by atoms with Gasteiger partial charge in [-0.05, 0) is 49.4 Å². The molecule has 33 heavy (non-hydrogen) atoms. The molecule has 1 N–H and O–H groups in total. The zero-order chi connectivity index (χ0) is 24.0. The van der Waals surface area contributed by atoms with E-state index in [0.717, 1.165) is 11.3 Å². The number of hydrogen-bond acceptors (Lipinski definition) is 6. The van der Waals surface area contributed by atoms with Gasteiger partial charge in [0.25, 0.3) is 0 Å². The summed E-state index contributed by atoms with van der Waals surface area (Å²) in [5.41, 5.74) is 1.29. The number of amides is 1. The Morgan fingerprint density at radius 2 is 1.97 bits per heavy atom. The van der Waals surface area contributed by atoms with Crippen LogP contribution < -0.4 is 10.1 Å². The Morgan fingerprint density at radius 3 is 2.64 bits per heavy atom. The Balaban J connectivity index is 1.73. The summed E-state index contributed by atoms with van der Waals surface area (Å²) in [6.45, 7) is 6.06. The number of hydrogen-bond donors (Lipinski definition) is 1. The van der Waals surface area contributed by atoms with Crippen LogP contribution in [0, 0.1) is 0 Å². The number of nitrogens with zero attached hydrogens (tertiary/aromatic N) is 2. The van der Waals surface area contributed by atoms with E-state index in [0.29, 0.717) is 32.8 Å². The van der Waals surface area contributed by atoms with Gasteiger partial charge in [0.1, 0.15) is 5.75 Å². The fourth-order valence-electron chi connectivity index (χ4n) is 3.71. The number of sulfonamides is 1. The van der Waals surface area contributed by atoms with Gasteiger partial charge in [-0.1, -0.05) is 30.7 Å². The molecule has 1 aliphatic heterocycles. The van der Waals surface area contributed by atoms with Gasteiger partial charge in [0.15, 0.2) is 0 Å². The first-order chi connectivity index (χ1) is 15.8. The number of rotatable bonds is 9. The Labute approximate surface area is 200 Å². The molecular weight excluding hydrogens is 466 g/mol. The van der Waals surface area contributed by atoms with E-state index in [4.69, 9.17) is 21.1 Å². The second kappa shape index (κ2) is 11.3. The summed E-state index contributed by atoms with van der Waals surface area (Å²) in [6.07, 6.45) is 0. The maximum atomic E-state index is 13.0. The Kier molecular flexibility index (Phi) is 8.72. The lowest BCUT2D eigenvalue weighted by atomic mass is 10.1. The molecule has 180 valence electrons. The Morgan fingerprint density at radius 1 is 1.24 bits per heavy atom. The van der Waals surface area contributed by atoms with Crippen molar-refractivity contribution in [3.8, 4) is 5.75 Å². The van der Waals surface area contributed by atoms with Crippen molar-refractivity contribution in [2.24, 2.45) is 0 Å². The fourth-order valence-corrected chi connectivity index (χ4v) is 5.31. The highest BCUT2D eigenvalue weighted by Gasteiger charge is 2.27. The van der Waals surface area contributed by atoms with Crippen LogP contribution in [0.3, 0.4) is 0 Å². The molecular formula is C23H30ClN3O5S. The summed E-state index contributed by atoms with van der Waals surface area (Å²) >= 11 is 6.27. The van der Waals surface area contributed by atoms with E-state index in [9.17, 15) is 13.2 Å². The molecule has 0 aliphatic carbocycles. The van der Waals surface area contributed by atoms with Gasteiger partial charge in [0.2, 0.25) is 15.9 Å². The second-order valence-corrected chi connectivity index (χ2v) is 10.1. The van der Waals surface area contributed by atoms with E-state index < -0.39 is 10.0 Å². The average Bonchev–Trinajstić information content (AvgIpc) is 2.84. The van der Waals surface area contributed by atoms with Crippen LogP contribution in [-0.2, 0) is 19.6 Å². The summed E-state index contributed by atoms with van der Waals surface area (Å²) in [4.78, 5) is 14.9. The number of morpholine rings is 1. The monoisotopic (exact) mass is 495 g/mol. The van der Waals surface area contributed by atoms with Gasteiger partial charge >= 0.3 is 0 Å². The predicted octanol–water partition coefficient (Wildman–Crippen LogP) is 3.39. The Bertz CT molecular complexity index is 1070. The van der Waals surface area contributed by atoms with Gasteiger partial charge < -0.3 is 14.8 Å². The van der Waals surface area contributed by atoms with Crippen molar-refractivity contribution in [1.82, 2.24) is 9.21 Å². The van der Waals surface area contributed by atoms with Crippen LogP contribution >= 0.6 is 11.6 Å². The molecule has 0 saturated carbocycles. The van der Waals surface area contributed by atoms with Crippen molar-refractivity contribution >= 4 is 33.2 Å². The molecule has 1 saturated heterocycles. The summed E-state index contributed by atoms with van der Waals surface area (Å²) in [7, 11) is -2.08. The molecule has 0 radical (unpaired) electrons. The van der Waals surface area contributed by atoms with Crippen molar-refractivity contribution in [2.45, 2.75) is 24.8 Å². The number of benzene rings is 2. The van der Waals surface area contributed by atoms with E-state index in [1.54, 1.807) is 7.11 Å². The van der Waals surface area contributed by atoms with E-state index in [-0.39, 0.29) is 34.1 Å². The molecule has 3 rings (SSSR count). The third-order valence-corrected chi connectivity index (χ3v) is 7.92. The van der Waals surface area contributed by atoms with Crippen molar-refractivity contribution < 1.29 is 22.7 Å². The van der Waals surface area contributed by atoms with Crippen molar-refractivity contribution in [3.05, 3.63) is 53.1 Å². The molecule has 1 atom stereocenters. The molecule has 8 nitrogen and oxygen atoms in total. The highest BCUT2D eigenvalue weighted by atomic mass is 35.5. The SMILES string of the molecule is CCN(CC(=O)Nc1cc(S(=O)(=O)N2CCOCC2)ccc1Cl)C(C)c1cccc(OC)c1. The zero-order valence-electron chi connectivity index (χ0n) is 19.1. The summed E-state index contributed by atoms with van der Waals surface area (Å²) in [6, 6.07) is 12.0. The second-order valence-electron chi connectivity index (χ2n) is 7.72. The van der Waals surface area contributed by atoms with E-state index in [1.807, 2.05) is 43.0 Å². The van der Waals surface area contributed by atoms with Crippen molar-refractivity contribution in [3.63, 3.8) is 0 Å². The average molecular weight is 496 g/mol. The summed E-state index contributed by atoms with van der Waals surface area (Å²) < 4.78 is 37.8. The maximum Gasteiger partial charge on any atom is 0.243 e.